The number of aryl methyl sites for hydroxylation is 2. The minimum Gasteiger partial charge on any atom is -0.494 e. The van der Waals surface area contributed by atoms with Crippen molar-refractivity contribution in [2.45, 2.75) is 20.8 Å². The molecule has 0 radical (unpaired) electrons. The van der Waals surface area contributed by atoms with Crippen molar-refractivity contribution in [3.05, 3.63) is 69.6 Å². The fourth-order valence-electron chi connectivity index (χ4n) is 2.52. The summed E-state index contributed by atoms with van der Waals surface area (Å²) in [5, 5.41) is 3.40. The molecule has 0 aliphatic rings. The van der Waals surface area contributed by atoms with Crippen molar-refractivity contribution >= 4 is 22.6 Å². The number of nitrogens with one attached hydrogen (secondary N) is 1. The van der Waals surface area contributed by atoms with Gasteiger partial charge in [0.1, 0.15) is 16.9 Å². The number of carbonyl (C=O) groups excluding carboxylic acids is 1. The number of amides is 1. The molecule has 0 aliphatic carbocycles. The Morgan fingerprint density at radius 3 is 2.60 bits per heavy atom. The predicted molar refractivity (Wildman–Crippen MR) is 97.5 cm³/mol. The molecule has 5 heteroatoms. The molecular formula is C20H19NO4. The van der Waals surface area contributed by atoms with E-state index in [1.807, 2.05) is 32.9 Å². The summed E-state index contributed by atoms with van der Waals surface area (Å²) in [6, 6.07) is 12.3. The maximum Gasteiger partial charge on any atom is 0.349 e. The first-order valence-corrected chi connectivity index (χ1v) is 8.07. The van der Waals surface area contributed by atoms with E-state index < -0.39 is 11.5 Å². The molecule has 0 fully saturated rings. The maximum atomic E-state index is 12.4. The van der Waals surface area contributed by atoms with Crippen molar-refractivity contribution in [2.24, 2.45) is 0 Å². The van der Waals surface area contributed by atoms with Gasteiger partial charge in [0.25, 0.3) is 5.91 Å². The molecule has 0 unspecified atom stereocenters. The summed E-state index contributed by atoms with van der Waals surface area (Å²) < 4.78 is 10.7. The maximum absolute atomic E-state index is 12.4. The van der Waals surface area contributed by atoms with Crippen LogP contribution in [0.5, 0.6) is 5.75 Å². The molecule has 5 nitrogen and oxygen atoms in total. The van der Waals surface area contributed by atoms with Gasteiger partial charge in [0, 0.05) is 17.1 Å². The van der Waals surface area contributed by atoms with Gasteiger partial charge in [-0.05, 0) is 62.2 Å². The normalized spacial score (nSPS) is 10.7. The van der Waals surface area contributed by atoms with Gasteiger partial charge in [-0.15, -0.1) is 0 Å². The van der Waals surface area contributed by atoms with Crippen LogP contribution in [0.15, 0.2) is 51.7 Å². The average Bonchev–Trinajstić information content (AvgIpc) is 2.57. The summed E-state index contributed by atoms with van der Waals surface area (Å²) in [5.74, 6) is 0.123. The highest BCUT2D eigenvalue weighted by molar-refractivity contribution is 6.05. The van der Waals surface area contributed by atoms with E-state index in [-0.39, 0.29) is 5.56 Å². The number of ether oxygens (including phenoxy) is 1. The summed E-state index contributed by atoms with van der Waals surface area (Å²) in [4.78, 5) is 24.6. The fourth-order valence-corrected chi connectivity index (χ4v) is 2.52. The molecule has 0 bridgehead atoms. The zero-order valence-electron chi connectivity index (χ0n) is 14.4. The van der Waals surface area contributed by atoms with Gasteiger partial charge in [-0.25, -0.2) is 4.79 Å². The summed E-state index contributed by atoms with van der Waals surface area (Å²) >= 11 is 0. The van der Waals surface area contributed by atoms with Crippen LogP contribution in [0, 0.1) is 13.8 Å². The Morgan fingerprint density at radius 1 is 1.08 bits per heavy atom. The predicted octanol–water partition coefficient (Wildman–Crippen LogP) is 4.06. The molecule has 1 heterocycles. The first-order valence-electron chi connectivity index (χ1n) is 8.07. The Labute approximate surface area is 145 Å². The third-order valence-electron chi connectivity index (χ3n) is 4.03. The van der Waals surface area contributed by atoms with E-state index in [1.165, 1.54) is 6.07 Å². The fraction of sp³-hybridized carbons (Fsp3) is 0.200. The molecule has 1 N–H and O–H groups in total. The smallest absolute Gasteiger partial charge is 0.349 e. The highest BCUT2D eigenvalue weighted by Gasteiger charge is 2.14. The van der Waals surface area contributed by atoms with Gasteiger partial charge in [-0.1, -0.05) is 6.07 Å². The number of rotatable bonds is 4. The number of carbonyl (C=O) groups is 1. The second kappa shape index (κ2) is 6.81. The average molecular weight is 337 g/mol. The molecule has 0 spiro atoms. The molecule has 25 heavy (non-hydrogen) atoms. The van der Waals surface area contributed by atoms with Gasteiger partial charge >= 0.3 is 5.63 Å². The zero-order valence-corrected chi connectivity index (χ0v) is 14.4. The number of anilines is 1. The van der Waals surface area contributed by atoms with Crippen molar-refractivity contribution in [1.29, 1.82) is 0 Å². The van der Waals surface area contributed by atoms with Crippen molar-refractivity contribution < 1.29 is 13.9 Å². The second-order valence-corrected chi connectivity index (χ2v) is 5.83. The Kier molecular flexibility index (Phi) is 4.57. The number of fused-ring (bicyclic) bond motifs is 1. The van der Waals surface area contributed by atoms with E-state index in [4.69, 9.17) is 9.15 Å². The van der Waals surface area contributed by atoms with Gasteiger partial charge in [0.05, 0.1) is 6.61 Å². The highest BCUT2D eigenvalue weighted by Crippen LogP contribution is 2.21. The van der Waals surface area contributed by atoms with Crippen LogP contribution in [0.25, 0.3) is 11.0 Å². The third-order valence-corrected chi connectivity index (χ3v) is 4.03. The topological polar surface area (TPSA) is 68.5 Å². The summed E-state index contributed by atoms with van der Waals surface area (Å²) in [5.41, 5.74) is 2.51. The van der Waals surface area contributed by atoms with Crippen molar-refractivity contribution in [3.63, 3.8) is 0 Å². The van der Waals surface area contributed by atoms with Gasteiger partial charge in [-0.2, -0.15) is 0 Å². The van der Waals surface area contributed by atoms with Crippen LogP contribution in [-0.4, -0.2) is 12.5 Å². The molecule has 1 aromatic heterocycles. The van der Waals surface area contributed by atoms with Crippen LogP contribution >= 0.6 is 0 Å². The summed E-state index contributed by atoms with van der Waals surface area (Å²) in [6.07, 6.45) is 0. The lowest BCUT2D eigenvalue weighted by molar-refractivity contribution is 0.102. The summed E-state index contributed by atoms with van der Waals surface area (Å²) in [6.45, 7) is 6.35. The highest BCUT2D eigenvalue weighted by atomic mass is 16.5. The lowest BCUT2D eigenvalue weighted by Crippen LogP contribution is -2.20. The number of hydrogen-bond donors (Lipinski definition) is 1. The van der Waals surface area contributed by atoms with E-state index in [9.17, 15) is 9.59 Å². The Balaban J connectivity index is 1.93. The van der Waals surface area contributed by atoms with Crippen LogP contribution in [0.2, 0.25) is 0 Å². The first-order chi connectivity index (χ1) is 12.0. The van der Waals surface area contributed by atoms with Gasteiger partial charge in [0.2, 0.25) is 0 Å². The first kappa shape index (κ1) is 16.8. The van der Waals surface area contributed by atoms with Gasteiger partial charge in [0.15, 0.2) is 0 Å². The largest absolute Gasteiger partial charge is 0.494 e. The summed E-state index contributed by atoms with van der Waals surface area (Å²) in [7, 11) is 0. The SMILES string of the molecule is CCOc1ccc2cc(C(=O)Nc3ccc(C)c(C)c3)c(=O)oc2c1. The third kappa shape index (κ3) is 3.55. The van der Waals surface area contributed by atoms with Crippen molar-refractivity contribution in [2.75, 3.05) is 11.9 Å². The minimum atomic E-state index is -0.678. The van der Waals surface area contributed by atoms with E-state index >= 15 is 0 Å². The van der Waals surface area contributed by atoms with Crippen LogP contribution < -0.4 is 15.7 Å². The molecule has 2 aromatic carbocycles. The van der Waals surface area contributed by atoms with Gasteiger partial charge < -0.3 is 14.5 Å². The van der Waals surface area contributed by atoms with E-state index in [0.29, 0.717) is 29.0 Å². The van der Waals surface area contributed by atoms with Crippen LogP contribution in [0.3, 0.4) is 0 Å². The molecule has 128 valence electrons. The van der Waals surface area contributed by atoms with Crippen LogP contribution in [-0.2, 0) is 0 Å². The second-order valence-electron chi connectivity index (χ2n) is 5.83. The lowest BCUT2D eigenvalue weighted by atomic mass is 10.1. The van der Waals surface area contributed by atoms with Gasteiger partial charge in [-0.3, -0.25) is 4.79 Å². The molecule has 1 amide bonds. The lowest BCUT2D eigenvalue weighted by Gasteiger charge is -2.08. The Hall–Kier alpha value is -3.08. The molecule has 0 saturated carbocycles. The Bertz CT molecular complexity index is 1000. The quantitative estimate of drug-likeness (QED) is 0.729. The van der Waals surface area contributed by atoms with Crippen molar-refractivity contribution in [3.8, 4) is 5.75 Å². The molecule has 0 atom stereocenters. The zero-order chi connectivity index (χ0) is 18.0. The van der Waals surface area contributed by atoms with E-state index in [1.54, 1.807) is 24.3 Å². The van der Waals surface area contributed by atoms with Crippen LogP contribution in [0.1, 0.15) is 28.4 Å². The van der Waals surface area contributed by atoms with E-state index in [0.717, 1.165) is 11.1 Å². The molecule has 3 aromatic rings. The van der Waals surface area contributed by atoms with E-state index in [2.05, 4.69) is 5.32 Å². The molecular weight excluding hydrogens is 318 g/mol. The molecule has 3 rings (SSSR count). The van der Waals surface area contributed by atoms with Crippen LogP contribution in [0.4, 0.5) is 5.69 Å². The standard InChI is InChI=1S/C20H19NO4/c1-4-24-16-8-6-14-10-17(20(23)25-18(14)11-16)19(22)21-15-7-5-12(2)13(3)9-15/h5-11H,4H2,1-3H3,(H,21,22). The molecule has 0 saturated heterocycles. The minimum absolute atomic E-state index is 0.0325. The Morgan fingerprint density at radius 2 is 1.88 bits per heavy atom. The monoisotopic (exact) mass is 337 g/mol. The number of benzene rings is 2. The number of hydrogen-bond acceptors (Lipinski definition) is 4. The van der Waals surface area contributed by atoms with Crippen molar-refractivity contribution in [1.82, 2.24) is 0 Å². The molecule has 0 aliphatic heterocycles.